The number of rotatable bonds is 7. The van der Waals surface area contributed by atoms with Crippen LogP contribution in [0.25, 0.3) is 5.69 Å². The number of carbonyl (C=O) groups excluding carboxylic acids is 1. The average molecular weight is 439 g/mol. The van der Waals surface area contributed by atoms with Crippen LogP contribution in [-0.2, 0) is 0 Å². The number of carbonyl (C=O) groups is 1. The topological polar surface area (TPSA) is 114 Å². The number of amides is 1. The van der Waals surface area contributed by atoms with E-state index in [-0.39, 0.29) is 29.3 Å². The largest absolute Gasteiger partial charge is 0.365 e. The van der Waals surface area contributed by atoms with Crippen molar-refractivity contribution in [3.05, 3.63) is 54.6 Å². The van der Waals surface area contributed by atoms with E-state index in [1.807, 2.05) is 25.1 Å². The van der Waals surface area contributed by atoms with Crippen molar-refractivity contribution >= 4 is 23.2 Å². The van der Waals surface area contributed by atoms with Crippen LogP contribution >= 0.6 is 0 Å². The predicted molar refractivity (Wildman–Crippen MR) is 121 cm³/mol. The zero-order valence-corrected chi connectivity index (χ0v) is 18.1. The minimum atomic E-state index is -0.766. The molecular formula is C22H27FN8O. The zero-order chi connectivity index (χ0) is 22.7. The molecule has 3 aromatic heterocycles. The van der Waals surface area contributed by atoms with E-state index in [0.29, 0.717) is 5.69 Å². The Hall–Kier alpha value is -3.53. The van der Waals surface area contributed by atoms with Crippen molar-refractivity contribution in [2.24, 2.45) is 5.73 Å². The Labute approximate surface area is 185 Å². The molecule has 0 spiro atoms. The molecule has 4 N–H and O–H groups in total. The summed E-state index contributed by atoms with van der Waals surface area (Å²) in [7, 11) is 3.75. The van der Waals surface area contributed by atoms with E-state index < -0.39 is 11.7 Å². The first kappa shape index (κ1) is 21.7. The highest BCUT2D eigenvalue weighted by Crippen LogP contribution is 2.30. The van der Waals surface area contributed by atoms with Crippen molar-refractivity contribution in [1.29, 1.82) is 0 Å². The van der Waals surface area contributed by atoms with Crippen molar-refractivity contribution in [3.8, 4) is 5.69 Å². The molecule has 0 bridgehead atoms. The van der Waals surface area contributed by atoms with E-state index in [0.717, 1.165) is 37.4 Å². The number of primary amides is 1. The molecule has 0 aliphatic heterocycles. The van der Waals surface area contributed by atoms with Crippen LogP contribution in [0.1, 0.15) is 36.0 Å². The Balaban J connectivity index is 1.69. The Morgan fingerprint density at radius 3 is 2.78 bits per heavy atom. The molecule has 10 heteroatoms. The normalized spacial score (nSPS) is 18.3. The maximum Gasteiger partial charge on any atom is 0.252 e. The number of nitrogens with two attached hydrogens (primary N) is 1. The van der Waals surface area contributed by atoms with Gasteiger partial charge in [-0.15, -0.1) is 0 Å². The molecule has 1 fully saturated rings. The summed E-state index contributed by atoms with van der Waals surface area (Å²) in [5.74, 6) is -0.999. The van der Waals surface area contributed by atoms with Gasteiger partial charge in [-0.05, 0) is 32.0 Å². The van der Waals surface area contributed by atoms with Crippen molar-refractivity contribution in [3.63, 3.8) is 0 Å². The predicted octanol–water partition coefficient (Wildman–Crippen LogP) is 2.61. The molecule has 168 valence electrons. The minimum absolute atomic E-state index is 0.0264. The summed E-state index contributed by atoms with van der Waals surface area (Å²) in [6.07, 6.45) is 12.6. The monoisotopic (exact) mass is 438 g/mol. The van der Waals surface area contributed by atoms with E-state index in [1.165, 1.54) is 0 Å². The third kappa shape index (κ3) is 4.40. The highest BCUT2D eigenvalue weighted by atomic mass is 19.1. The molecule has 9 nitrogen and oxygen atoms in total. The third-order valence-electron chi connectivity index (χ3n) is 5.94. The van der Waals surface area contributed by atoms with Crippen LogP contribution in [0.15, 0.2) is 43.2 Å². The summed E-state index contributed by atoms with van der Waals surface area (Å²) in [6, 6.07) is 3.30. The quantitative estimate of drug-likeness (QED) is 0.520. The smallest absolute Gasteiger partial charge is 0.252 e. The van der Waals surface area contributed by atoms with Crippen molar-refractivity contribution in [1.82, 2.24) is 24.8 Å². The summed E-state index contributed by atoms with van der Waals surface area (Å²) in [5, 5.41) is 6.42. The number of nitrogens with zero attached hydrogens (tertiary/aromatic N) is 5. The van der Waals surface area contributed by atoms with Gasteiger partial charge in [0.05, 0.1) is 35.7 Å². The van der Waals surface area contributed by atoms with Crippen molar-refractivity contribution < 1.29 is 9.18 Å². The van der Waals surface area contributed by atoms with Crippen LogP contribution in [0.2, 0.25) is 0 Å². The number of aromatic nitrogens is 4. The van der Waals surface area contributed by atoms with Gasteiger partial charge >= 0.3 is 0 Å². The Bertz CT molecular complexity index is 1090. The molecule has 3 aromatic rings. The fraction of sp³-hybridized carbons (Fsp3) is 0.364. The van der Waals surface area contributed by atoms with Gasteiger partial charge in [0.2, 0.25) is 0 Å². The maximum atomic E-state index is 15.0. The second kappa shape index (κ2) is 9.31. The van der Waals surface area contributed by atoms with Gasteiger partial charge in [0.1, 0.15) is 5.82 Å². The van der Waals surface area contributed by atoms with Crippen molar-refractivity contribution in [2.45, 2.75) is 37.8 Å². The number of halogens is 1. The first-order valence-corrected chi connectivity index (χ1v) is 10.6. The SMILES string of the molecule is CNC1CCCCC1N(C)c1nc(Nc2cncc(-n3ccnc3)c2)c(C(N)=O)cc1F. The number of imidazole rings is 1. The fourth-order valence-electron chi connectivity index (χ4n) is 4.26. The third-order valence-corrected chi connectivity index (χ3v) is 5.94. The molecule has 2 atom stereocenters. The molecule has 4 rings (SSSR count). The van der Waals surface area contributed by atoms with E-state index in [2.05, 4.69) is 25.6 Å². The minimum Gasteiger partial charge on any atom is -0.365 e. The molecule has 3 heterocycles. The molecule has 32 heavy (non-hydrogen) atoms. The van der Waals surface area contributed by atoms with Crippen LogP contribution in [0.3, 0.4) is 0 Å². The summed E-state index contributed by atoms with van der Waals surface area (Å²) >= 11 is 0. The zero-order valence-electron chi connectivity index (χ0n) is 18.1. The summed E-state index contributed by atoms with van der Waals surface area (Å²) < 4.78 is 16.8. The van der Waals surface area contributed by atoms with E-state index in [4.69, 9.17) is 5.73 Å². The molecular weight excluding hydrogens is 411 g/mol. The standard InChI is InChI=1S/C22H27FN8O/c1-25-18-5-3-4-6-19(18)30(2)22-17(23)10-16(20(24)32)21(29-22)28-14-9-15(12-27-11-14)31-8-7-26-13-31/h7-13,18-19,25H,3-6H2,1-2H3,(H2,24,32)(H,28,29). The van der Waals surface area contributed by atoms with Crippen LogP contribution in [0, 0.1) is 5.82 Å². The van der Waals surface area contributed by atoms with Gasteiger partial charge in [-0.2, -0.15) is 0 Å². The molecule has 0 aromatic carbocycles. The van der Waals surface area contributed by atoms with E-state index >= 15 is 4.39 Å². The fourth-order valence-corrected chi connectivity index (χ4v) is 4.26. The Kier molecular flexibility index (Phi) is 6.31. The van der Waals surface area contributed by atoms with E-state index in [9.17, 15) is 4.79 Å². The molecule has 1 aliphatic rings. The lowest BCUT2D eigenvalue weighted by molar-refractivity contribution is 0.100. The molecule has 0 saturated heterocycles. The molecule has 0 radical (unpaired) electrons. The molecule has 1 amide bonds. The summed E-state index contributed by atoms with van der Waals surface area (Å²) in [6.45, 7) is 0. The summed E-state index contributed by atoms with van der Waals surface area (Å²) in [4.78, 5) is 26.6. The number of pyridine rings is 2. The number of hydrogen-bond acceptors (Lipinski definition) is 7. The van der Waals surface area contributed by atoms with Gasteiger partial charge in [-0.25, -0.2) is 14.4 Å². The highest BCUT2D eigenvalue weighted by Gasteiger charge is 2.30. The lowest BCUT2D eigenvalue weighted by Gasteiger charge is -2.38. The molecule has 2 unspecified atom stereocenters. The van der Waals surface area contributed by atoms with Gasteiger partial charge < -0.3 is 25.8 Å². The van der Waals surface area contributed by atoms with E-state index in [1.54, 1.807) is 35.7 Å². The van der Waals surface area contributed by atoms with Gasteiger partial charge in [0, 0.05) is 31.5 Å². The molecule has 1 aliphatic carbocycles. The lowest BCUT2D eigenvalue weighted by atomic mass is 9.89. The van der Waals surface area contributed by atoms with Crippen LogP contribution < -0.4 is 21.3 Å². The summed E-state index contributed by atoms with van der Waals surface area (Å²) in [5.41, 5.74) is 6.84. The second-order valence-corrected chi connectivity index (χ2v) is 7.94. The van der Waals surface area contributed by atoms with Gasteiger partial charge in [-0.3, -0.25) is 9.78 Å². The molecule has 1 saturated carbocycles. The number of hydrogen-bond donors (Lipinski definition) is 3. The lowest BCUT2D eigenvalue weighted by Crippen LogP contribution is -2.50. The van der Waals surface area contributed by atoms with Gasteiger partial charge in [0.15, 0.2) is 11.6 Å². The number of likely N-dealkylation sites (N-methyl/N-ethyl adjacent to an activating group) is 2. The van der Waals surface area contributed by atoms with Gasteiger partial charge in [-0.1, -0.05) is 12.8 Å². The first-order chi connectivity index (χ1) is 15.5. The van der Waals surface area contributed by atoms with Crippen LogP contribution in [0.5, 0.6) is 0 Å². The van der Waals surface area contributed by atoms with Crippen LogP contribution in [-0.4, -0.2) is 51.6 Å². The maximum absolute atomic E-state index is 15.0. The highest BCUT2D eigenvalue weighted by molar-refractivity contribution is 5.98. The average Bonchev–Trinajstić information content (AvgIpc) is 3.34. The van der Waals surface area contributed by atoms with Crippen LogP contribution in [0.4, 0.5) is 21.7 Å². The van der Waals surface area contributed by atoms with Crippen molar-refractivity contribution in [2.75, 3.05) is 24.3 Å². The number of anilines is 3. The Morgan fingerprint density at radius 1 is 1.25 bits per heavy atom. The first-order valence-electron chi connectivity index (χ1n) is 10.6. The number of nitrogens with one attached hydrogen (secondary N) is 2. The van der Waals surface area contributed by atoms with Gasteiger partial charge in [0.25, 0.3) is 5.91 Å². The second-order valence-electron chi connectivity index (χ2n) is 7.94. The Morgan fingerprint density at radius 2 is 2.06 bits per heavy atom.